The van der Waals surface area contributed by atoms with Crippen molar-refractivity contribution >= 4 is 5.91 Å². The number of likely N-dealkylation sites (N-methyl/N-ethyl adjacent to an activating group) is 1. The minimum Gasteiger partial charge on any atom is -0.334 e. The summed E-state index contributed by atoms with van der Waals surface area (Å²) in [5.74, 6) is 1.29. The van der Waals surface area contributed by atoms with Crippen LogP contribution < -0.4 is 0 Å². The Morgan fingerprint density at radius 3 is 2.85 bits per heavy atom. The van der Waals surface area contributed by atoms with Crippen LogP contribution in [-0.2, 0) is 6.54 Å². The van der Waals surface area contributed by atoms with Gasteiger partial charge in [0.2, 0.25) is 5.82 Å². The maximum Gasteiger partial charge on any atom is 0.291 e. The predicted molar refractivity (Wildman–Crippen MR) is 46.3 cm³/mol. The van der Waals surface area contributed by atoms with Crippen LogP contribution in [0.3, 0.4) is 0 Å². The number of nitrogens with zero attached hydrogens (tertiary/aromatic N) is 4. The van der Waals surface area contributed by atoms with Crippen LogP contribution in [0.1, 0.15) is 23.4 Å². The summed E-state index contributed by atoms with van der Waals surface area (Å²) in [6.07, 6.45) is 0. The highest BCUT2D eigenvalue weighted by molar-refractivity contribution is 5.91. The molecule has 5 heteroatoms. The van der Waals surface area contributed by atoms with Crippen LogP contribution in [0.15, 0.2) is 0 Å². The van der Waals surface area contributed by atoms with Gasteiger partial charge in [0.05, 0.1) is 0 Å². The molecule has 2 heterocycles. The average molecular weight is 180 g/mol. The number of carbonyl (C=O) groups is 1. The molecule has 0 N–H and O–H groups in total. The lowest BCUT2D eigenvalue weighted by Crippen LogP contribution is -2.40. The summed E-state index contributed by atoms with van der Waals surface area (Å²) in [4.78, 5) is 13.4. The summed E-state index contributed by atoms with van der Waals surface area (Å²) < 4.78 is 1.87. The molecule has 0 bridgehead atoms. The molecular formula is C8H12N4O. The molecule has 1 aromatic rings. The molecular weight excluding hydrogens is 168 g/mol. The van der Waals surface area contributed by atoms with Gasteiger partial charge in [-0.15, -0.1) is 10.2 Å². The molecule has 0 unspecified atom stereocenters. The fourth-order valence-electron chi connectivity index (χ4n) is 1.57. The largest absolute Gasteiger partial charge is 0.334 e. The van der Waals surface area contributed by atoms with Crippen molar-refractivity contribution in [3.63, 3.8) is 0 Å². The number of aryl methyl sites for hydroxylation is 1. The number of hydrogen-bond donors (Lipinski definition) is 0. The standard InChI is InChI=1S/C8H12N4O/c1-3-11-4-5-12-6(2)9-10-7(12)8(11)13/h3-5H2,1-2H3. The zero-order valence-corrected chi connectivity index (χ0v) is 7.82. The Morgan fingerprint density at radius 2 is 2.15 bits per heavy atom. The second-order valence-corrected chi connectivity index (χ2v) is 3.11. The Morgan fingerprint density at radius 1 is 1.38 bits per heavy atom. The van der Waals surface area contributed by atoms with Crippen molar-refractivity contribution in [1.82, 2.24) is 19.7 Å². The summed E-state index contributed by atoms with van der Waals surface area (Å²) in [5, 5.41) is 7.74. The fourth-order valence-corrected chi connectivity index (χ4v) is 1.57. The van der Waals surface area contributed by atoms with Gasteiger partial charge in [-0.2, -0.15) is 0 Å². The van der Waals surface area contributed by atoms with E-state index >= 15 is 0 Å². The van der Waals surface area contributed by atoms with Crippen molar-refractivity contribution in [3.05, 3.63) is 11.6 Å². The third-order valence-corrected chi connectivity index (χ3v) is 2.39. The predicted octanol–water partition coefficient (Wildman–Crippen LogP) is 0.0622. The van der Waals surface area contributed by atoms with E-state index in [1.165, 1.54) is 0 Å². The molecule has 0 aromatic carbocycles. The Hall–Kier alpha value is -1.39. The third kappa shape index (κ3) is 1.11. The van der Waals surface area contributed by atoms with E-state index < -0.39 is 0 Å². The molecule has 1 aliphatic rings. The van der Waals surface area contributed by atoms with Crippen LogP contribution in [0, 0.1) is 6.92 Å². The SMILES string of the molecule is CCN1CCn2c(C)nnc2C1=O. The van der Waals surface area contributed by atoms with E-state index in [9.17, 15) is 4.79 Å². The molecule has 0 atom stereocenters. The van der Waals surface area contributed by atoms with E-state index in [0.717, 1.165) is 25.5 Å². The molecule has 5 nitrogen and oxygen atoms in total. The number of aromatic nitrogens is 3. The van der Waals surface area contributed by atoms with Crippen molar-refractivity contribution in [3.8, 4) is 0 Å². The molecule has 1 aromatic heterocycles. The van der Waals surface area contributed by atoms with Gasteiger partial charge in [-0.25, -0.2) is 0 Å². The third-order valence-electron chi connectivity index (χ3n) is 2.39. The van der Waals surface area contributed by atoms with Crippen molar-refractivity contribution in [1.29, 1.82) is 0 Å². The lowest BCUT2D eigenvalue weighted by atomic mass is 10.3. The van der Waals surface area contributed by atoms with Crippen LogP contribution in [-0.4, -0.2) is 38.7 Å². The lowest BCUT2D eigenvalue weighted by molar-refractivity contribution is 0.0706. The van der Waals surface area contributed by atoms with Crippen LogP contribution in [0.2, 0.25) is 0 Å². The smallest absolute Gasteiger partial charge is 0.291 e. The number of carbonyl (C=O) groups excluding carboxylic acids is 1. The van der Waals surface area contributed by atoms with E-state index in [-0.39, 0.29) is 5.91 Å². The Balaban J connectivity index is 2.40. The maximum atomic E-state index is 11.7. The molecule has 0 saturated heterocycles. The van der Waals surface area contributed by atoms with Gasteiger partial charge >= 0.3 is 0 Å². The highest BCUT2D eigenvalue weighted by Crippen LogP contribution is 2.10. The quantitative estimate of drug-likeness (QED) is 0.614. The lowest BCUT2D eigenvalue weighted by Gasteiger charge is -2.25. The second kappa shape index (κ2) is 2.83. The van der Waals surface area contributed by atoms with Crippen molar-refractivity contribution in [2.75, 3.05) is 13.1 Å². The van der Waals surface area contributed by atoms with Crippen LogP contribution in [0.25, 0.3) is 0 Å². The molecule has 0 saturated carbocycles. The maximum absolute atomic E-state index is 11.7. The fraction of sp³-hybridized carbons (Fsp3) is 0.625. The first-order chi connectivity index (χ1) is 6.24. The van der Waals surface area contributed by atoms with Gasteiger partial charge < -0.3 is 9.47 Å². The van der Waals surface area contributed by atoms with Gasteiger partial charge in [-0.1, -0.05) is 0 Å². The van der Waals surface area contributed by atoms with Crippen molar-refractivity contribution in [2.45, 2.75) is 20.4 Å². The Bertz CT molecular complexity index is 344. The molecule has 0 aliphatic carbocycles. The normalized spacial score (nSPS) is 16.2. The average Bonchev–Trinajstić information content (AvgIpc) is 2.50. The highest BCUT2D eigenvalue weighted by atomic mass is 16.2. The summed E-state index contributed by atoms with van der Waals surface area (Å²) in [6.45, 7) is 6.15. The molecule has 1 aliphatic heterocycles. The van der Waals surface area contributed by atoms with Gasteiger partial charge in [0.25, 0.3) is 5.91 Å². The monoisotopic (exact) mass is 180 g/mol. The van der Waals surface area contributed by atoms with E-state index in [1.54, 1.807) is 4.90 Å². The number of amides is 1. The van der Waals surface area contributed by atoms with E-state index in [0.29, 0.717) is 5.82 Å². The first-order valence-corrected chi connectivity index (χ1v) is 4.43. The zero-order chi connectivity index (χ0) is 9.42. The molecule has 13 heavy (non-hydrogen) atoms. The van der Waals surface area contributed by atoms with Gasteiger partial charge in [-0.05, 0) is 13.8 Å². The van der Waals surface area contributed by atoms with Crippen LogP contribution in [0.5, 0.6) is 0 Å². The number of fused-ring (bicyclic) bond motifs is 1. The Kier molecular flexibility index (Phi) is 1.79. The molecule has 2 rings (SSSR count). The first kappa shape index (κ1) is 8.22. The summed E-state index contributed by atoms with van der Waals surface area (Å²) in [6, 6.07) is 0. The van der Waals surface area contributed by atoms with Gasteiger partial charge in [0.1, 0.15) is 5.82 Å². The minimum absolute atomic E-state index is 0.00523. The minimum atomic E-state index is -0.00523. The molecule has 0 fully saturated rings. The summed E-state index contributed by atoms with van der Waals surface area (Å²) in [5.41, 5.74) is 0. The van der Waals surface area contributed by atoms with Crippen molar-refractivity contribution < 1.29 is 4.79 Å². The summed E-state index contributed by atoms with van der Waals surface area (Å²) in [7, 11) is 0. The topological polar surface area (TPSA) is 51.0 Å². The molecule has 0 radical (unpaired) electrons. The number of hydrogen-bond acceptors (Lipinski definition) is 3. The summed E-state index contributed by atoms with van der Waals surface area (Å²) >= 11 is 0. The highest BCUT2D eigenvalue weighted by Gasteiger charge is 2.26. The van der Waals surface area contributed by atoms with Crippen molar-refractivity contribution in [2.24, 2.45) is 0 Å². The first-order valence-electron chi connectivity index (χ1n) is 4.43. The zero-order valence-electron chi connectivity index (χ0n) is 7.82. The van der Waals surface area contributed by atoms with Gasteiger partial charge in [-0.3, -0.25) is 4.79 Å². The van der Waals surface area contributed by atoms with E-state index in [4.69, 9.17) is 0 Å². The Labute approximate surface area is 76.4 Å². The van der Waals surface area contributed by atoms with E-state index in [2.05, 4.69) is 10.2 Å². The molecule has 1 amide bonds. The van der Waals surface area contributed by atoms with Gasteiger partial charge in [0, 0.05) is 19.6 Å². The molecule has 70 valence electrons. The van der Waals surface area contributed by atoms with Crippen LogP contribution in [0.4, 0.5) is 0 Å². The number of rotatable bonds is 1. The second-order valence-electron chi connectivity index (χ2n) is 3.11. The van der Waals surface area contributed by atoms with E-state index in [1.807, 2.05) is 18.4 Å². The van der Waals surface area contributed by atoms with Crippen LogP contribution >= 0.6 is 0 Å². The van der Waals surface area contributed by atoms with Gasteiger partial charge in [0.15, 0.2) is 0 Å². The molecule has 0 spiro atoms.